The molecule has 0 bridgehead atoms. The average molecular weight is 1040 g/mol. The monoisotopic (exact) mass is 1040 g/mol. The Bertz CT molecular complexity index is 1800. The molecular weight excluding hydrogens is 952 g/mol. The number of nitrogens with zero attached hydrogens (tertiary/aromatic N) is 2. The van der Waals surface area contributed by atoms with E-state index in [2.05, 4.69) is 35.3 Å². The van der Waals surface area contributed by atoms with Crippen LogP contribution in [-0.2, 0) is 46.3 Å². The van der Waals surface area contributed by atoms with Gasteiger partial charge in [0, 0.05) is 19.0 Å². The molecule has 2 heterocycles. The number of carbonyl (C=O) groups is 2. The predicted molar refractivity (Wildman–Crippen MR) is 264 cm³/mol. The van der Waals surface area contributed by atoms with E-state index in [9.17, 15) is 53.7 Å². The van der Waals surface area contributed by atoms with Gasteiger partial charge in [0.2, 0.25) is 0 Å². The van der Waals surface area contributed by atoms with Crippen LogP contribution in [0.25, 0.3) is 0 Å². The van der Waals surface area contributed by atoms with Crippen molar-refractivity contribution >= 4 is 33.4 Å². The summed E-state index contributed by atoms with van der Waals surface area (Å²) in [5, 5.41) is 41.4. The predicted octanol–water partition coefficient (Wildman–Crippen LogP) is 8.17. The molecule has 8 N–H and O–H groups in total. The maximum atomic E-state index is 12.9. The number of hydrogen-bond acceptors (Lipinski definition) is 17. The van der Waals surface area contributed by atoms with Crippen LogP contribution in [-0.4, -0.2) is 108 Å². The van der Waals surface area contributed by atoms with E-state index in [-0.39, 0.29) is 18.7 Å². The first-order valence-corrected chi connectivity index (χ1v) is 28.5. The Kier molecular flexibility index (Phi) is 33.4. The number of phosphoric acid groups is 2. The Balaban J connectivity index is 1.83. The zero-order valence-corrected chi connectivity index (χ0v) is 43.3. The van der Waals surface area contributed by atoms with Crippen molar-refractivity contribution in [2.45, 2.75) is 224 Å². The summed E-state index contributed by atoms with van der Waals surface area (Å²) >= 11 is 0. The van der Waals surface area contributed by atoms with Crippen molar-refractivity contribution in [1.82, 2.24) is 9.55 Å². The molecule has 0 saturated carbocycles. The highest BCUT2D eigenvalue weighted by Crippen LogP contribution is 2.60. The lowest BCUT2D eigenvalue weighted by Gasteiger charge is -2.21. The van der Waals surface area contributed by atoms with Crippen LogP contribution in [0.1, 0.15) is 187 Å². The maximum absolute atomic E-state index is 12.9. The van der Waals surface area contributed by atoms with E-state index in [0.29, 0.717) is 38.5 Å². The van der Waals surface area contributed by atoms with E-state index in [4.69, 9.17) is 29.0 Å². The van der Waals surface area contributed by atoms with E-state index in [1.807, 2.05) is 12.2 Å². The number of aliphatic hydroxyl groups excluding tert-OH is 4. The van der Waals surface area contributed by atoms with E-state index in [1.165, 1.54) is 44.6 Å². The average Bonchev–Trinajstić information content (AvgIpc) is 3.59. The third-order valence-electron chi connectivity index (χ3n) is 11.7. The molecule has 1 aliphatic rings. The molecule has 22 heteroatoms. The van der Waals surface area contributed by atoms with Crippen LogP contribution < -0.4 is 11.4 Å². The molecule has 0 spiro atoms. The fourth-order valence-corrected chi connectivity index (χ4v) is 9.68. The maximum Gasteiger partial charge on any atom is 0.481 e. The van der Waals surface area contributed by atoms with Crippen molar-refractivity contribution < 1.29 is 76.5 Å². The number of rotatable bonds is 42. The highest BCUT2D eigenvalue weighted by atomic mass is 31.3. The van der Waals surface area contributed by atoms with Gasteiger partial charge in [-0.2, -0.15) is 9.29 Å². The Morgan fingerprint density at radius 2 is 1.26 bits per heavy atom. The molecule has 1 aliphatic heterocycles. The molecule has 0 radical (unpaired) electrons. The lowest BCUT2D eigenvalue weighted by molar-refractivity contribution is -0.161. The van der Waals surface area contributed by atoms with Crippen LogP contribution in [0.15, 0.2) is 41.4 Å². The molecule has 0 aliphatic carbocycles. The summed E-state index contributed by atoms with van der Waals surface area (Å²) in [4.78, 5) is 61.9. The fourth-order valence-electron chi connectivity index (χ4n) is 7.57. The number of unbranched alkanes of at least 4 members (excludes halogenated alkanes) is 18. The molecule has 9 atom stereocenters. The molecule has 70 heavy (non-hydrogen) atoms. The van der Waals surface area contributed by atoms with E-state index in [1.54, 1.807) is 0 Å². The Morgan fingerprint density at radius 3 is 1.89 bits per heavy atom. The van der Waals surface area contributed by atoms with Gasteiger partial charge >= 0.3 is 33.3 Å². The van der Waals surface area contributed by atoms with Crippen molar-refractivity contribution in [2.24, 2.45) is 0 Å². The highest BCUT2D eigenvalue weighted by Gasteiger charge is 2.46. The first kappa shape index (κ1) is 63.3. The smallest absolute Gasteiger partial charge is 0.462 e. The second kappa shape index (κ2) is 37.0. The zero-order valence-electron chi connectivity index (χ0n) is 41.6. The molecule has 1 fully saturated rings. The summed E-state index contributed by atoms with van der Waals surface area (Å²) in [6.45, 7) is 1.94. The van der Waals surface area contributed by atoms with Gasteiger partial charge in [0.1, 0.15) is 30.7 Å². The molecule has 2 rings (SSSR count). The SMILES string of the molecule is CCCCC/C=C\C[C@@H](O)[C@H](O)CCCCCCCC(=O)OC[C@H](COP(=O)(O)OP(=O)(O)OC[C@H]1O[C@@H](n2ccc(N)nc2=O)[C@H](O)[C@@H]1O)OC(=O)CCCCCCC/C=C\CCCCCCCC. The van der Waals surface area contributed by atoms with Crippen molar-refractivity contribution in [1.29, 1.82) is 0 Å². The summed E-state index contributed by atoms with van der Waals surface area (Å²) in [5.74, 6) is -1.42. The summed E-state index contributed by atoms with van der Waals surface area (Å²) in [6.07, 6.45) is 22.7. The number of nitrogen functional groups attached to an aromatic ring is 1. The molecule has 20 nitrogen and oxygen atoms in total. The molecular formula is C48H85N3O17P2. The van der Waals surface area contributed by atoms with Gasteiger partial charge in [0.05, 0.1) is 25.4 Å². The van der Waals surface area contributed by atoms with Crippen LogP contribution in [0.2, 0.25) is 0 Å². The van der Waals surface area contributed by atoms with Crippen molar-refractivity contribution in [3.05, 3.63) is 47.1 Å². The van der Waals surface area contributed by atoms with Gasteiger partial charge in [0.15, 0.2) is 12.3 Å². The normalized spacial score (nSPS) is 20.3. The minimum atomic E-state index is -5.45. The number of ether oxygens (including phenoxy) is 3. The topological polar surface area (TPSA) is 306 Å². The van der Waals surface area contributed by atoms with Gasteiger partial charge in [-0.25, -0.2) is 13.9 Å². The third-order valence-corrected chi connectivity index (χ3v) is 14.3. The van der Waals surface area contributed by atoms with Gasteiger partial charge in [0.25, 0.3) is 0 Å². The van der Waals surface area contributed by atoms with Crippen molar-refractivity contribution in [3.8, 4) is 0 Å². The lowest BCUT2D eigenvalue weighted by atomic mass is 10.0. The fraction of sp³-hybridized carbons (Fsp3) is 0.792. The molecule has 1 aromatic rings. The molecule has 0 aromatic carbocycles. The number of aliphatic hydroxyl groups is 4. The van der Waals surface area contributed by atoms with Crippen LogP contribution >= 0.6 is 15.6 Å². The lowest BCUT2D eigenvalue weighted by Crippen LogP contribution is -2.36. The van der Waals surface area contributed by atoms with Crippen LogP contribution in [0.4, 0.5) is 5.82 Å². The van der Waals surface area contributed by atoms with E-state index in [0.717, 1.165) is 87.8 Å². The summed E-state index contributed by atoms with van der Waals surface area (Å²) in [7, 11) is -10.9. The van der Waals surface area contributed by atoms with E-state index < -0.39 is 95.9 Å². The van der Waals surface area contributed by atoms with Crippen molar-refractivity contribution in [2.75, 3.05) is 25.6 Å². The van der Waals surface area contributed by atoms with Gasteiger partial charge < -0.3 is 50.2 Å². The Labute approximate surface area is 414 Å². The number of allylic oxidation sites excluding steroid dienone is 3. The third kappa shape index (κ3) is 29.0. The minimum Gasteiger partial charge on any atom is -0.462 e. The van der Waals surface area contributed by atoms with Crippen LogP contribution in [0, 0.1) is 0 Å². The number of anilines is 1. The Hall–Kier alpha value is -2.84. The Morgan fingerprint density at radius 1 is 0.729 bits per heavy atom. The molecule has 2 unspecified atom stereocenters. The van der Waals surface area contributed by atoms with E-state index >= 15 is 0 Å². The molecule has 404 valence electrons. The molecule has 1 aromatic heterocycles. The summed E-state index contributed by atoms with van der Waals surface area (Å²) < 4.78 is 56.7. The van der Waals surface area contributed by atoms with Crippen LogP contribution in [0.5, 0.6) is 0 Å². The van der Waals surface area contributed by atoms with Gasteiger partial charge in [-0.1, -0.05) is 128 Å². The summed E-state index contributed by atoms with van der Waals surface area (Å²) in [6, 6.07) is 1.24. The summed E-state index contributed by atoms with van der Waals surface area (Å²) in [5.41, 5.74) is 4.57. The number of aromatic nitrogens is 2. The highest BCUT2D eigenvalue weighted by molar-refractivity contribution is 7.61. The number of phosphoric ester groups is 2. The number of nitrogens with two attached hydrogens (primary N) is 1. The first-order valence-electron chi connectivity index (χ1n) is 25.5. The van der Waals surface area contributed by atoms with Gasteiger partial charge in [-0.3, -0.25) is 23.2 Å². The number of esters is 2. The van der Waals surface area contributed by atoms with Gasteiger partial charge in [-0.05, 0) is 70.3 Å². The second-order valence-electron chi connectivity index (χ2n) is 18.0. The molecule has 1 saturated heterocycles. The zero-order chi connectivity index (χ0) is 51.6. The van der Waals surface area contributed by atoms with Gasteiger partial charge in [-0.15, -0.1) is 0 Å². The quantitative estimate of drug-likeness (QED) is 0.0140. The number of carbonyl (C=O) groups excluding carboxylic acids is 2. The van der Waals surface area contributed by atoms with Crippen LogP contribution in [0.3, 0.4) is 0 Å². The first-order chi connectivity index (χ1) is 33.5. The van der Waals surface area contributed by atoms with Crippen molar-refractivity contribution in [3.63, 3.8) is 0 Å². The number of hydrogen-bond donors (Lipinski definition) is 7. The second-order valence-corrected chi connectivity index (χ2v) is 21.0. The standard InChI is InChI=1S/C48H85N3O17P2/c1-3-5-7-9-11-12-13-14-15-16-17-18-19-23-28-32-44(55)66-38(35-63-43(54)31-27-24-20-22-26-30-40(53)39(52)29-25-21-10-8-6-4-2)36-64-69(59,60)68-70(61,62)65-37-41-45(56)46(57)47(67-41)51-34-33-42(49)50-48(51)58/h14-15,21,25,33-34,38-41,45-47,52-53,56-57H,3-13,16-20,22-24,26-32,35-37H2,1-2H3,(H,59,60)(H,61,62)(H2,49,50,58)/b15-14-,25-21-/t38-,39-,40-,41-,45-,46-,47-/m1/s1. The minimum absolute atomic E-state index is 0.00978. The molecule has 0 amide bonds. The largest absolute Gasteiger partial charge is 0.481 e.